The normalized spacial score (nSPS) is 11.0. The van der Waals surface area contributed by atoms with E-state index in [0.29, 0.717) is 29.0 Å². The Morgan fingerprint density at radius 2 is 2.16 bits per heavy atom. The van der Waals surface area contributed by atoms with E-state index in [1.807, 2.05) is 6.07 Å². The van der Waals surface area contributed by atoms with E-state index < -0.39 is 0 Å². The minimum absolute atomic E-state index is 0.190. The monoisotopic (exact) mass is 256 g/mol. The van der Waals surface area contributed by atoms with Gasteiger partial charge in [-0.3, -0.25) is 4.79 Å². The Morgan fingerprint density at radius 3 is 2.95 bits per heavy atom. The van der Waals surface area contributed by atoms with Crippen molar-refractivity contribution in [3.63, 3.8) is 0 Å². The summed E-state index contributed by atoms with van der Waals surface area (Å²) in [5, 5.41) is 9.73. The Labute approximate surface area is 108 Å². The number of phenolic OH excluding ortho intramolecular Hbond substituents is 1. The van der Waals surface area contributed by atoms with Crippen LogP contribution < -0.4 is 5.56 Å². The number of rotatable bonds is 2. The Hall–Kier alpha value is -2.63. The van der Waals surface area contributed by atoms with Crippen LogP contribution in [0, 0.1) is 0 Å². The fourth-order valence-corrected chi connectivity index (χ4v) is 1.99. The lowest BCUT2D eigenvalue weighted by molar-refractivity contribution is 0.469. The first-order valence-corrected chi connectivity index (χ1v) is 5.82. The van der Waals surface area contributed by atoms with Crippen LogP contribution >= 0.6 is 0 Å². The van der Waals surface area contributed by atoms with E-state index in [4.69, 9.17) is 0 Å². The molecule has 2 aromatic heterocycles. The average Bonchev–Trinajstić information content (AvgIpc) is 2.75. The summed E-state index contributed by atoms with van der Waals surface area (Å²) in [5.41, 5.74) is 1.31. The van der Waals surface area contributed by atoms with Crippen molar-refractivity contribution in [1.29, 1.82) is 0 Å². The molecule has 3 rings (SSSR count). The number of phenols is 1. The zero-order valence-corrected chi connectivity index (χ0v) is 10.3. The second kappa shape index (κ2) is 4.24. The number of nitrogens with one attached hydrogen (secondary N) is 1. The van der Waals surface area contributed by atoms with Crippen molar-refractivity contribution in [3.8, 4) is 5.75 Å². The molecule has 2 heterocycles. The maximum Gasteiger partial charge on any atom is 0.279 e. The SMILES string of the molecule is Cn1cnc2c(=O)[nH]c(Cc3ccccc3O)nc21. The summed E-state index contributed by atoms with van der Waals surface area (Å²) in [5.74, 6) is 0.692. The molecule has 0 aliphatic rings. The van der Waals surface area contributed by atoms with Crippen molar-refractivity contribution in [2.24, 2.45) is 7.05 Å². The lowest BCUT2D eigenvalue weighted by Crippen LogP contribution is -2.13. The van der Waals surface area contributed by atoms with Gasteiger partial charge >= 0.3 is 0 Å². The summed E-state index contributed by atoms with van der Waals surface area (Å²) in [6, 6.07) is 6.98. The van der Waals surface area contributed by atoms with Gasteiger partial charge in [-0.2, -0.15) is 0 Å². The van der Waals surface area contributed by atoms with Gasteiger partial charge in [-0.05, 0) is 6.07 Å². The van der Waals surface area contributed by atoms with Crippen molar-refractivity contribution < 1.29 is 5.11 Å². The molecule has 6 nitrogen and oxygen atoms in total. The van der Waals surface area contributed by atoms with Gasteiger partial charge in [-0.1, -0.05) is 18.2 Å². The van der Waals surface area contributed by atoms with Crippen molar-refractivity contribution in [1.82, 2.24) is 19.5 Å². The second-order valence-corrected chi connectivity index (χ2v) is 4.35. The molecule has 0 atom stereocenters. The standard InChI is InChI=1S/C13H12N4O2/c1-17-7-14-11-12(17)15-10(16-13(11)19)6-8-4-2-3-5-9(8)18/h2-5,7,18H,6H2,1H3,(H,15,16,19). The van der Waals surface area contributed by atoms with Crippen LogP contribution in [-0.2, 0) is 13.5 Å². The van der Waals surface area contributed by atoms with Crippen molar-refractivity contribution in [2.75, 3.05) is 0 Å². The highest BCUT2D eigenvalue weighted by Gasteiger charge is 2.10. The first kappa shape index (κ1) is 11.5. The van der Waals surface area contributed by atoms with E-state index in [1.165, 1.54) is 0 Å². The molecule has 0 unspecified atom stereocenters. The minimum atomic E-state index is -0.268. The molecule has 0 spiro atoms. The number of aromatic amines is 1. The summed E-state index contributed by atoms with van der Waals surface area (Å²) in [4.78, 5) is 22.9. The molecule has 19 heavy (non-hydrogen) atoms. The van der Waals surface area contributed by atoms with E-state index in [9.17, 15) is 9.90 Å². The zero-order valence-electron chi connectivity index (χ0n) is 10.3. The van der Waals surface area contributed by atoms with Gasteiger partial charge in [0.25, 0.3) is 5.56 Å². The highest BCUT2D eigenvalue weighted by molar-refractivity contribution is 5.69. The number of aromatic nitrogens is 4. The van der Waals surface area contributed by atoms with Crippen LogP contribution in [-0.4, -0.2) is 24.6 Å². The molecular weight excluding hydrogens is 244 g/mol. The Balaban J connectivity index is 2.09. The van der Waals surface area contributed by atoms with Crippen LogP contribution in [0.2, 0.25) is 0 Å². The molecule has 0 amide bonds. The number of H-pyrrole nitrogens is 1. The van der Waals surface area contributed by atoms with E-state index in [-0.39, 0.29) is 11.3 Å². The lowest BCUT2D eigenvalue weighted by Gasteiger charge is -2.04. The van der Waals surface area contributed by atoms with Crippen LogP contribution in [0.5, 0.6) is 5.75 Å². The maximum absolute atomic E-state index is 11.9. The number of para-hydroxylation sites is 1. The van der Waals surface area contributed by atoms with Gasteiger partial charge in [0.1, 0.15) is 11.6 Å². The summed E-state index contributed by atoms with van der Waals surface area (Å²) in [6.07, 6.45) is 1.92. The summed E-state index contributed by atoms with van der Waals surface area (Å²) < 4.78 is 1.69. The average molecular weight is 256 g/mol. The third kappa shape index (κ3) is 1.97. The topological polar surface area (TPSA) is 83.8 Å². The van der Waals surface area contributed by atoms with E-state index >= 15 is 0 Å². The molecule has 96 valence electrons. The van der Waals surface area contributed by atoms with E-state index in [0.717, 1.165) is 0 Å². The molecule has 0 saturated heterocycles. The molecule has 3 aromatic rings. The smallest absolute Gasteiger partial charge is 0.279 e. The highest BCUT2D eigenvalue weighted by Crippen LogP contribution is 2.18. The molecule has 1 aromatic carbocycles. The molecule has 2 N–H and O–H groups in total. The van der Waals surface area contributed by atoms with Crippen LogP contribution in [0.25, 0.3) is 11.2 Å². The molecule has 0 fully saturated rings. The highest BCUT2D eigenvalue weighted by atomic mass is 16.3. The Bertz CT molecular complexity index is 804. The number of nitrogens with zero attached hydrogens (tertiary/aromatic N) is 3. The van der Waals surface area contributed by atoms with Crippen LogP contribution in [0.4, 0.5) is 0 Å². The Morgan fingerprint density at radius 1 is 1.37 bits per heavy atom. The fourth-order valence-electron chi connectivity index (χ4n) is 1.99. The number of fused-ring (bicyclic) bond motifs is 1. The van der Waals surface area contributed by atoms with Gasteiger partial charge in [0, 0.05) is 19.0 Å². The van der Waals surface area contributed by atoms with E-state index in [1.54, 1.807) is 36.1 Å². The van der Waals surface area contributed by atoms with Gasteiger partial charge in [0.15, 0.2) is 11.2 Å². The summed E-state index contributed by atoms with van der Waals surface area (Å²) in [6.45, 7) is 0. The predicted octanol–water partition coefficient (Wildman–Crippen LogP) is 0.953. The third-order valence-corrected chi connectivity index (χ3v) is 2.97. The number of benzene rings is 1. The first-order chi connectivity index (χ1) is 9.15. The van der Waals surface area contributed by atoms with Gasteiger partial charge in [-0.15, -0.1) is 0 Å². The molecular formula is C13H12N4O2. The molecule has 0 saturated carbocycles. The quantitative estimate of drug-likeness (QED) is 0.715. The molecule has 0 aliphatic heterocycles. The van der Waals surface area contributed by atoms with Crippen LogP contribution in [0.15, 0.2) is 35.4 Å². The zero-order chi connectivity index (χ0) is 13.4. The largest absolute Gasteiger partial charge is 0.508 e. The van der Waals surface area contributed by atoms with Gasteiger partial charge in [-0.25, -0.2) is 9.97 Å². The molecule has 6 heteroatoms. The number of aryl methyl sites for hydroxylation is 1. The van der Waals surface area contributed by atoms with Crippen LogP contribution in [0.1, 0.15) is 11.4 Å². The van der Waals surface area contributed by atoms with Crippen molar-refractivity contribution in [3.05, 3.63) is 52.3 Å². The van der Waals surface area contributed by atoms with Gasteiger partial charge in [0.05, 0.1) is 6.33 Å². The van der Waals surface area contributed by atoms with Gasteiger partial charge in [0.2, 0.25) is 0 Å². The molecule has 0 aliphatic carbocycles. The molecule has 0 radical (unpaired) electrons. The number of imidazole rings is 1. The first-order valence-electron chi connectivity index (χ1n) is 5.82. The van der Waals surface area contributed by atoms with Crippen molar-refractivity contribution >= 4 is 11.2 Å². The molecule has 0 bridgehead atoms. The van der Waals surface area contributed by atoms with Crippen molar-refractivity contribution in [2.45, 2.75) is 6.42 Å². The predicted molar refractivity (Wildman–Crippen MR) is 70.0 cm³/mol. The summed E-state index contributed by atoms with van der Waals surface area (Å²) >= 11 is 0. The number of hydrogen-bond donors (Lipinski definition) is 2. The van der Waals surface area contributed by atoms with E-state index in [2.05, 4.69) is 15.0 Å². The minimum Gasteiger partial charge on any atom is -0.508 e. The maximum atomic E-state index is 11.9. The van der Waals surface area contributed by atoms with Gasteiger partial charge < -0.3 is 14.7 Å². The van der Waals surface area contributed by atoms with Crippen LogP contribution in [0.3, 0.4) is 0 Å². The number of hydrogen-bond acceptors (Lipinski definition) is 4. The second-order valence-electron chi connectivity index (χ2n) is 4.35. The summed E-state index contributed by atoms with van der Waals surface area (Å²) in [7, 11) is 1.78. The Kier molecular flexibility index (Phi) is 2.56. The third-order valence-electron chi connectivity index (χ3n) is 2.97. The lowest BCUT2D eigenvalue weighted by atomic mass is 10.1. The number of aromatic hydroxyl groups is 1. The fraction of sp³-hybridized carbons (Fsp3) is 0.154.